The van der Waals surface area contributed by atoms with Crippen LogP contribution < -0.4 is 10.2 Å². The van der Waals surface area contributed by atoms with Crippen molar-refractivity contribution >= 4 is 5.69 Å². The van der Waals surface area contributed by atoms with E-state index in [0.29, 0.717) is 0 Å². The van der Waals surface area contributed by atoms with Gasteiger partial charge in [0.1, 0.15) is 5.82 Å². The van der Waals surface area contributed by atoms with Crippen molar-refractivity contribution in [2.75, 3.05) is 25.0 Å². The second-order valence-electron chi connectivity index (χ2n) is 4.42. The summed E-state index contributed by atoms with van der Waals surface area (Å²) < 4.78 is 13.4. The number of nitrogens with zero attached hydrogens (tertiary/aromatic N) is 1. The Bertz CT molecular complexity index is 415. The van der Waals surface area contributed by atoms with Crippen LogP contribution >= 0.6 is 0 Å². The second-order valence-corrected chi connectivity index (χ2v) is 4.42. The molecule has 1 atom stereocenters. The van der Waals surface area contributed by atoms with Crippen molar-refractivity contribution in [1.82, 2.24) is 5.32 Å². The summed E-state index contributed by atoms with van der Waals surface area (Å²) in [6, 6.07) is 5.22. The zero-order valence-corrected chi connectivity index (χ0v) is 10.4. The number of nitrogens with one attached hydrogen (secondary N) is 1. The van der Waals surface area contributed by atoms with Crippen molar-refractivity contribution in [2.24, 2.45) is 0 Å². The van der Waals surface area contributed by atoms with Crippen LogP contribution in [0.5, 0.6) is 0 Å². The second kappa shape index (κ2) is 5.32. The van der Waals surface area contributed by atoms with Crippen LogP contribution in [0.15, 0.2) is 30.4 Å². The highest BCUT2D eigenvalue weighted by Crippen LogP contribution is 2.28. The molecule has 0 bridgehead atoms. The molecule has 17 heavy (non-hydrogen) atoms. The van der Waals surface area contributed by atoms with Crippen molar-refractivity contribution in [1.29, 1.82) is 0 Å². The minimum absolute atomic E-state index is 0.159. The van der Waals surface area contributed by atoms with Crippen molar-refractivity contribution in [3.05, 3.63) is 41.7 Å². The minimum atomic E-state index is -0.168. The van der Waals surface area contributed by atoms with Gasteiger partial charge in [-0.2, -0.15) is 0 Å². The van der Waals surface area contributed by atoms with Gasteiger partial charge in [-0.15, -0.1) is 0 Å². The Hall–Kier alpha value is -1.35. The molecule has 1 aliphatic heterocycles. The van der Waals surface area contributed by atoms with E-state index in [0.717, 1.165) is 30.8 Å². The van der Waals surface area contributed by atoms with Gasteiger partial charge in [0.15, 0.2) is 0 Å². The number of benzene rings is 1. The first-order valence-electron chi connectivity index (χ1n) is 6.09. The van der Waals surface area contributed by atoms with E-state index in [1.165, 1.54) is 0 Å². The Morgan fingerprint density at radius 1 is 1.35 bits per heavy atom. The van der Waals surface area contributed by atoms with Crippen LogP contribution in [0.2, 0.25) is 0 Å². The minimum Gasteiger partial charge on any atom is -0.367 e. The molecule has 92 valence electrons. The molecule has 0 saturated heterocycles. The van der Waals surface area contributed by atoms with E-state index in [1.807, 2.05) is 13.1 Å². The van der Waals surface area contributed by atoms with Crippen LogP contribution in [0, 0.1) is 5.82 Å². The summed E-state index contributed by atoms with van der Waals surface area (Å²) in [6.45, 7) is 3.97. The highest BCUT2D eigenvalue weighted by atomic mass is 19.1. The summed E-state index contributed by atoms with van der Waals surface area (Å²) in [5.41, 5.74) is 2.17. The van der Waals surface area contributed by atoms with Crippen LogP contribution in [0.25, 0.3) is 0 Å². The molecule has 3 heteroatoms. The van der Waals surface area contributed by atoms with Crippen LogP contribution in [0.3, 0.4) is 0 Å². The highest BCUT2D eigenvalue weighted by Gasteiger charge is 2.15. The number of rotatable bonds is 3. The molecule has 0 spiro atoms. The number of hydrogen-bond donors (Lipinski definition) is 1. The molecule has 1 N–H and O–H groups in total. The predicted molar refractivity (Wildman–Crippen MR) is 69.8 cm³/mol. The molecule has 1 aromatic carbocycles. The maximum atomic E-state index is 13.4. The lowest BCUT2D eigenvalue weighted by Crippen LogP contribution is -2.29. The highest BCUT2D eigenvalue weighted by molar-refractivity contribution is 5.56. The van der Waals surface area contributed by atoms with Crippen LogP contribution in [0.1, 0.15) is 24.9 Å². The summed E-state index contributed by atoms with van der Waals surface area (Å²) in [5, 5.41) is 3.18. The van der Waals surface area contributed by atoms with Crippen LogP contribution in [0.4, 0.5) is 10.1 Å². The fraction of sp³-hybridized carbons (Fsp3) is 0.429. The zero-order valence-electron chi connectivity index (χ0n) is 10.4. The molecular formula is C14H19FN2. The molecule has 1 heterocycles. The quantitative estimate of drug-likeness (QED) is 0.809. The zero-order chi connectivity index (χ0) is 12.3. The first kappa shape index (κ1) is 12.1. The van der Waals surface area contributed by atoms with Crippen molar-refractivity contribution in [2.45, 2.75) is 19.4 Å². The van der Waals surface area contributed by atoms with E-state index < -0.39 is 0 Å². The molecule has 2 nitrogen and oxygen atoms in total. The van der Waals surface area contributed by atoms with Gasteiger partial charge in [0.2, 0.25) is 0 Å². The van der Waals surface area contributed by atoms with Crippen LogP contribution in [-0.4, -0.2) is 20.1 Å². The third-order valence-electron chi connectivity index (χ3n) is 3.29. The maximum Gasteiger partial charge on any atom is 0.123 e. The van der Waals surface area contributed by atoms with E-state index in [-0.39, 0.29) is 11.9 Å². The SMILES string of the molecule is CNC(C)c1cc(F)ccc1N1CC=CCC1. The third-order valence-corrected chi connectivity index (χ3v) is 3.29. The van der Waals surface area contributed by atoms with Gasteiger partial charge < -0.3 is 10.2 Å². The van der Waals surface area contributed by atoms with Gasteiger partial charge in [0.25, 0.3) is 0 Å². The largest absolute Gasteiger partial charge is 0.367 e. The van der Waals surface area contributed by atoms with Gasteiger partial charge in [0.05, 0.1) is 0 Å². The molecule has 0 saturated carbocycles. The smallest absolute Gasteiger partial charge is 0.123 e. The Kier molecular flexibility index (Phi) is 3.79. The maximum absolute atomic E-state index is 13.4. The van der Waals surface area contributed by atoms with E-state index >= 15 is 0 Å². The van der Waals surface area contributed by atoms with Crippen molar-refractivity contribution in [3.8, 4) is 0 Å². The summed E-state index contributed by atoms with van der Waals surface area (Å²) >= 11 is 0. The average molecular weight is 234 g/mol. The number of anilines is 1. The summed E-state index contributed by atoms with van der Waals surface area (Å²) in [6.07, 6.45) is 5.42. The van der Waals surface area contributed by atoms with Gasteiger partial charge >= 0.3 is 0 Å². The van der Waals surface area contributed by atoms with Gasteiger partial charge in [-0.1, -0.05) is 12.2 Å². The molecule has 0 amide bonds. The van der Waals surface area contributed by atoms with E-state index in [4.69, 9.17) is 0 Å². The molecule has 1 unspecified atom stereocenters. The average Bonchev–Trinajstić information content (AvgIpc) is 2.38. The molecule has 2 rings (SSSR count). The summed E-state index contributed by atoms with van der Waals surface area (Å²) in [7, 11) is 1.90. The summed E-state index contributed by atoms with van der Waals surface area (Å²) in [5.74, 6) is -0.168. The first-order valence-corrected chi connectivity index (χ1v) is 6.09. The number of halogens is 1. The van der Waals surface area contributed by atoms with E-state index in [2.05, 4.69) is 29.3 Å². The Labute approximate surface area is 102 Å². The molecule has 0 fully saturated rings. The monoisotopic (exact) mass is 234 g/mol. The topological polar surface area (TPSA) is 15.3 Å². The lowest BCUT2D eigenvalue weighted by Gasteiger charge is -2.29. The standard InChI is InChI=1S/C14H19FN2/c1-11(16-2)13-10-12(15)6-7-14(13)17-8-4-3-5-9-17/h3-4,6-7,10-11,16H,5,8-9H2,1-2H3. The number of hydrogen-bond acceptors (Lipinski definition) is 2. The van der Waals surface area contributed by atoms with Crippen LogP contribution in [-0.2, 0) is 0 Å². The summed E-state index contributed by atoms with van der Waals surface area (Å²) in [4.78, 5) is 2.29. The Morgan fingerprint density at radius 2 is 2.18 bits per heavy atom. The lowest BCUT2D eigenvalue weighted by molar-refractivity contribution is 0.606. The molecule has 0 aliphatic carbocycles. The molecule has 0 radical (unpaired) electrons. The van der Waals surface area contributed by atoms with Gasteiger partial charge in [0, 0.05) is 24.8 Å². The lowest BCUT2D eigenvalue weighted by atomic mass is 10.0. The molecule has 1 aliphatic rings. The normalized spacial score (nSPS) is 17.2. The fourth-order valence-corrected chi connectivity index (χ4v) is 2.18. The van der Waals surface area contributed by atoms with Crippen molar-refractivity contribution < 1.29 is 4.39 Å². The third kappa shape index (κ3) is 2.67. The van der Waals surface area contributed by atoms with E-state index in [9.17, 15) is 4.39 Å². The van der Waals surface area contributed by atoms with Gasteiger partial charge in [-0.05, 0) is 44.2 Å². The Balaban J connectivity index is 2.34. The Morgan fingerprint density at radius 3 is 2.82 bits per heavy atom. The van der Waals surface area contributed by atoms with E-state index in [1.54, 1.807) is 12.1 Å². The molecule has 1 aromatic rings. The predicted octanol–water partition coefficient (Wildman–Crippen LogP) is 2.87. The fourth-order valence-electron chi connectivity index (χ4n) is 2.18. The van der Waals surface area contributed by atoms with Gasteiger partial charge in [-0.3, -0.25) is 0 Å². The van der Waals surface area contributed by atoms with Gasteiger partial charge in [-0.25, -0.2) is 4.39 Å². The molecular weight excluding hydrogens is 215 g/mol. The van der Waals surface area contributed by atoms with Crippen molar-refractivity contribution in [3.63, 3.8) is 0 Å². The first-order chi connectivity index (χ1) is 8.22. The molecule has 0 aromatic heterocycles.